The second-order valence-electron chi connectivity index (χ2n) is 9.86. The molecule has 0 spiro atoms. The number of ether oxygens (including phenoxy) is 2. The molecule has 0 bridgehead atoms. The van der Waals surface area contributed by atoms with Gasteiger partial charge in [0.05, 0.1) is 4.92 Å². The Hall–Kier alpha value is -3.74. The molecule has 0 heterocycles. The number of nitro groups is 1. The standard InChI is InChI=1S/C22H34N6O7/c1-20(2,3)34-16(29)14-12-13(8-9-15(14)28(32)33)27-17(30)22(25,10-7-11-26-19(23)24)18(31)35-21(4,5)6/h8-9,12H,7,10-11,25H2,1-6H3,(H,27,30)(H4,23,24,26)/t22-/m0/s1. The monoisotopic (exact) mass is 494 g/mol. The molecule has 1 amide bonds. The van der Waals surface area contributed by atoms with Gasteiger partial charge in [-0.25, -0.2) is 9.59 Å². The second-order valence-corrected chi connectivity index (χ2v) is 9.86. The van der Waals surface area contributed by atoms with E-state index in [1.54, 1.807) is 41.5 Å². The van der Waals surface area contributed by atoms with Crippen LogP contribution in [0.1, 0.15) is 64.7 Å². The van der Waals surface area contributed by atoms with Crippen LogP contribution in [0.3, 0.4) is 0 Å². The minimum Gasteiger partial charge on any atom is -0.458 e. The van der Waals surface area contributed by atoms with E-state index >= 15 is 0 Å². The lowest BCUT2D eigenvalue weighted by Crippen LogP contribution is -2.59. The van der Waals surface area contributed by atoms with Crippen molar-refractivity contribution in [2.24, 2.45) is 11.5 Å². The zero-order valence-corrected chi connectivity index (χ0v) is 20.8. The Bertz CT molecular complexity index is 997. The van der Waals surface area contributed by atoms with Crippen LogP contribution < -0.4 is 22.1 Å². The lowest BCUT2D eigenvalue weighted by atomic mass is 9.92. The van der Waals surface area contributed by atoms with Crippen molar-refractivity contribution in [3.63, 3.8) is 0 Å². The van der Waals surface area contributed by atoms with Crippen molar-refractivity contribution < 1.29 is 28.8 Å². The number of hydrogen-bond donors (Lipinski definition) is 5. The van der Waals surface area contributed by atoms with Gasteiger partial charge in [-0.2, -0.15) is 0 Å². The summed E-state index contributed by atoms with van der Waals surface area (Å²) in [4.78, 5) is 49.2. The smallest absolute Gasteiger partial charge is 0.345 e. The highest BCUT2D eigenvalue weighted by Gasteiger charge is 2.45. The molecule has 13 heteroatoms. The molecule has 0 aliphatic carbocycles. The topological polar surface area (TPSA) is 213 Å². The number of anilines is 1. The first-order chi connectivity index (χ1) is 15.9. The van der Waals surface area contributed by atoms with E-state index < -0.39 is 45.2 Å². The average Bonchev–Trinajstić information content (AvgIpc) is 2.67. The lowest BCUT2D eigenvalue weighted by molar-refractivity contribution is -0.385. The third-order valence-electron chi connectivity index (χ3n) is 4.30. The molecule has 7 N–H and O–H groups in total. The predicted octanol–water partition coefficient (Wildman–Crippen LogP) is 1.79. The summed E-state index contributed by atoms with van der Waals surface area (Å²) in [5.74, 6) is -3.17. The van der Waals surface area contributed by atoms with E-state index in [1.165, 1.54) is 6.07 Å². The number of carbonyl (C=O) groups is 3. The van der Waals surface area contributed by atoms with Crippen LogP contribution in [0.5, 0.6) is 0 Å². The van der Waals surface area contributed by atoms with Gasteiger partial charge in [0.1, 0.15) is 16.8 Å². The number of hydrogen-bond acceptors (Lipinski definition) is 9. The molecule has 0 fully saturated rings. The van der Waals surface area contributed by atoms with Crippen molar-refractivity contribution >= 4 is 35.2 Å². The van der Waals surface area contributed by atoms with Gasteiger partial charge in [-0.1, -0.05) is 0 Å². The molecule has 35 heavy (non-hydrogen) atoms. The number of amides is 1. The summed E-state index contributed by atoms with van der Waals surface area (Å²) in [6, 6.07) is 3.32. The molecule has 194 valence electrons. The minimum atomic E-state index is -2.14. The van der Waals surface area contributed by atoms with E-state index in [-0.39, 0.29) is 36.6 Å². The van der Waals surface area contributed by atoms with Gasteiger partial charge in [0, 0.05) is 18.3 Å². The summed E-state index contributed by atoms with van der Waals surface area (Å²) in [6.07, 6.45) is 0.0199. The van der Waals surface area contributed by atoms with Crippen molar-refractivity contribution in [2.75, 3.05) is 11.9 Å². The fourth-order valence-corrected chi connectivity index (χ4v) is 2.78. The molecule has 0 aliphatic heterocycles. The fourth-order valence-electron chi connectivity index (χ4n) is 2.78. The third-order valence-corrected chi connectivity index (χ3v) is 4.30. The van der Waals surface area contributed by atoms with E-state index in [9.17, 15) is 24.5 Å². The number of nitrogens with one attached hydrogen (secondary N) is 3. The van der Waals surface area contributed by atoms with E-state index in [4.69, 9.17) is 26.4 Å². The summed E-state index contributed by atoms with van der Waals surface area (Å²) >= 11 is 0. The zero-order valence-electron chi connectivity index (χ0n) is 20.8. The molecular weight excluding hydrogens is 460 g/mol. The van der Waals surface area contributed by atoms with Gasteiger partial charge in [0.2, 0.25) is 0 Å². The third kappa shape index (κ3) is 9.20. The molecule has 1 aromatic carbocycles. The van der Waals surface area contributed by atoms with Crippen LogP contribution in [0, 0.1) is 15.5 Å². The highest BCUT2D eigenvalue weighted by atomic mass is 16.6. The molecule has 13 nitrogen and oxygen atoms in total. The van der Waals surface area contributed by atoms with Crippen molar-refractivity contribution in [1.82, 2.24) is 5.32 Å². The highest BCUT2D eigenvalue weighted by molar-refractivity contribution is 6.13. The summed E-state index contributed by atoms with van der Waals surface area (Å²) < 4.78 is 10.6. The molecule has 0 unspecified atom stereocenters. The molecule has 0 saturated carbocycles. The van der Waals surface area contributed by atoms with Crippen molar-refractivity contribution in [1.29, 1.82) is 5.41 Å². The van der Waals surface area contributed by atoms with E-state index in [1.807, 2.05) is 0 Å². The predicted molar refractivity (Wildman–Crippen MR) is 129 cm³/mol. The van der Waals surface area contributed by atoms with Gasteiger partial charge in [0.15, 0.2) is 11.5 Å². The number of rotatable bonds is 9. The molecule has 1 atom stereocenters. The van der Waals surface area contributed by atoms with Crippen LogP contribution >= 0.6 is 0 Å². The van der Waals surface area contributed by atoms with Crippen molar-refractivity contribution in [2.45, 2.75) is 71.1 Å². The number of carbonyl (C=O) groups excluding carboxylic acids is 3. The second kappa shape index (κ2) is 11.1. The van der Waals surface area contributed by atoms with Gasteiger partial charge in [-0.15, -0.1) is 0 Å². The molecule has 0 aliphatic rings. The molecule has 1 aromatic rings. The van der Waals surface area contributed by atoms with Crippen molar-refractivity contribution in [3.8, 4) is 0 Å². The lowest BCUT2D eigenvalue weighted by Gasteiger charge is -2.30. The summed E-state index contributed by atoms with van der Waals surface area (Å²) in [5.41, 5.74) is 6.56. The maximum Gasteiger partial charge on any atom is 0.345 e. The summed E-state index contributed by atoms with van der Waals surface area (Å²) in [5, 5.41) is 23.6. The van der Waals surface area contributed by atoms with Crippen LogP contribution in [0.4, 0.5) is 11.4 Å². The first-order valence-corrected chi connectivity index (χ1v) is 10.8. The van der Waals surface area contributed by atoms with E-state index in [0.717, 1.165) is 12.1 Å². The van der Waals surface area contributed by atoms with Crippen LogP contribution in [-0.4, -0.2) is 52.0 Å². The van der Waals surface area contributed by atoms with Gasteiger partial charge in [0.25, 0.3) is 11.6 Å². The van der Waals surface area contributed by atoms with Crippen molar-refractivity contribution in [3.05, 3.63) is 33.9 Å². The maximum atomic E-state index is 13.1. The Labute approximate surface area is 203 Å². The molecule has 0 radical (unpaired) electrons. The van der Waals surface area contributed by atoms with Crippen LogP contribution in [-0.2, 0) is 19.1 Å². The van der Waals surface area contributed by atoms with Gasteiger partial charge in [-0.05, 0) is 66.5 Å². The minimum absolute atomic E-state index is 0.0123. The highest BCUT2D eigenvalue weighted by Crippen LogP contribution is 2.27. The van der Waals surface area contributed by atoms with Crippen LogP contribution in [0.15, 0.2) is 18.2 Å². The summed E-state index contributed by atoms with van der Waals surface area (Å²) in [6.45, 7) is 9.83. The first-order valence-electron chi connectivity index (χ1n) is 10.8. The zero-order chi connectivity index (χ0) is 27.2. The first kappa shape index (κ1) is 29.3. The van der Waals surface area contributed by atoms with Crippen LogP contribution in [0.25, 0.3) is 0 Å². The van der Waals surface area contributed by atoms with Gasteiger partial charge >= 0.3 is 11.9 Å². The number of nitrogens with zero attached hydrogens (tertiary/aromatic N) is 1. The Balaban J connectivity index is 3.28. The number of nitro benzene ring substituents is 1. The van der Waals surface area contributed by atoms with E-state index in [2.05, 4.69) is 10.6 Å². The largest absolute Gasteiger partial charge is 0.458 e. The Morgan fingerprint density at radius 3 is 2.14 bits per heavy atom. The summed E-state index contributed by atoms with van der Waals surface area (Å²) in [7, 11) is 0. The SMILES string of the molecule is CC(C)(C)OC(=O)c1cc(NC(=O)[C@@](N)(CCCNC(=N)N)C(=O)OC(C)(C)C)ccc1[N+](=O)[O-]. The molecule has 0 saturated heterocycles. The fraction of sp³-hybridized carbons (Fsp3) is 0.545. The quantitative estimate of drug-likeness (QED) is 0.0638. The average molecular weight is 495 g/mol. The number of benzene rings is 1. The Kier molecular flexibility index (Phi) is 9.31. The molecule has 0 aromatic heterocycles. The van der Waals surface area contributed by atoms with Gasteiger partial charge < -0.3 is 31.6 Å². The normalized spacial score (nSPS) is 13.2. The Morgan fingerprint density at radius 2 is 1.66 bits per heavy atom. The molecule has 1 rings (SSSR count). The number of guanidine groups is 1. The maximum absolute atomic E-state index is 13.1. The number of nitrogens with two attached hydrogens (primary N) is 2. The molecular formula is C22H34N6O7. The van der Waals surface area contributed by atoms with Crippen LogP contribution in [0.2, 0.25) is 0 Å². The van der Waals surface area contributed by atoms with Gasteiger partial charge in [-0.3, -0.25) is 20.3 Å². The number of esters is 2. The van der Waals surface area contributed by atoms with E-state index in [0.29, 0.717) is 0 Å². The Morgan fingerprint density at radius 1 is 1.09 bits per heavy atom.